The molecule has 0 radical (unpaired) electrons. The minimum Gasteiger partial charge on any atom is -0.390 e. The molecule has 0 unspecified atom stereocenters. The zero-order valence-corrected chi connectivity index (χ0v) is 23.4. The number of hydrogen-bond donors (Lipinski definition) is 7. The number of nitrogens with zero attached hydrogens (tertiary/aromatic N) is 1. The molecule has 12 nitrogen and oxygen atoms in total. The van der Waals surface area contributed by atoms with Crippen LogP contribution < -0.4 is 32.7 Å². The lowest BCUT2D eigenvalue weighted by Crippen LogP contribution is -2.55. The summed E-state index contributed by atoms with van der Waals surface area (Å²) in [5, 5.41) is 21.5. The molecule has 4 amide bonds. The van der Waals surface area contributed by atoms with Crippen LogP contribution in [0.25, 0.3) is 0 Å². The molecule has 0 fully saturated rings. The second-order valence-electron chi connectivity index (χ2n) is 10.0. The van der Waals surface area contributed by atoms with Gasteiger partial charge in [0.1, 0.15) is 12.1 Å². The van der Waals surface area contributed by atoms with Gasteiger partial charge in [0.05, 0.1) is 18.6 Å². The van der Waals surface area contributed by atoms with Crippen molar-refractivity contribution >= 4 is 29.6 Å². The average molecular weight is 548 g/mol. The van der Waals surface area contributed by atoms with Crippen molar-refractivity contribution in [3.8, 4) is 0 Å². The molecule has 0 heterocycles. The number of hydrogen-bond acceptors (Lipinski definition) is 6. The number of benzene rings is 1. The van der Waals surface area contributed by atoms with E-state index < -0.39 is 42.0 Å². The van der Waals surface area contributed by atoms with Gasteiger partial charge in [0.2, 0.25) is 23.6 Å². The number of aliphatic hydroxyl groups excluding tert-OH is 1. The van der Waals surface area contributed by atoms with Crippen LogP contribution in [0.4, 0.5) is 0 Å². The molecule has 1 aromatic carbocycles. The summed E-state index contributed by atoms with van der Waals surface area (Å²) in [6.07, 6.45) is 0.522. The topological polar surface area (TPSA) is 201 Å². The van der Waals surface area contributed by atoms with E-state index in [1.54, 1.807) is 0 Å². The summed E-state index contributed by atoms with van der Waals surface area (Å²) < 4.78 is 0. The zero-order chi connectivity index (χ0) is 29.4. The molecule has 218 valence electrons. The van der Waals surface area contributed by atoms with Crippen LogP contribution in [-0.2, 0) is 25.6 Å². The Balaban J connectivity index is 2.67. The number of nitrogens with two attached hydrogens (primary N) is 2. The fourth-order valence-corrected chi connectivity index (χ4v) is 3.92. The summed E-state index contributed by atoms with van der Waals surface area (Å²) in [4.78, 5) is 53.5. The maximum absolute atomic E-state index is 12.9. The Morgan fingerprint density at radius 2 is 1.64 bits per heavy atom. The number of carbonyl (C=O) groups is 4. The molecule has 0 saturated carbocycles. The standard InChI is InChI=1S/C27H45N7O5/c1-17(2)15-22(23(36)16-24(37)30-14-12-20-9-6-5-7-10-20)34-25(38)18(3)32-26(39)21(33-19(4)35)11-8-13-31-27(28)29/h5-7,9-10,17-18,21-23,36H,8,11-16H2,1-4H3,(H,30,37)(H,32,39)(H,33,35)(H,34,38)(H4,28,29,31)/t18-,21-,22-,23-/m0/s1. The second-order valence-corrected chi connectivity index (χ2v) is 10.0. The zero-order valence-electron chi connectivity index (χ0n) is 23.4. The third kappa shape index (κ3) is 14.7. The van der Waals surface area contributed by atoms with Gasteiger partial charge >= 0.3 is 0 Å². The summed E-state index contributed by atoms with van der Waals surface area (Å²) >= 11 is 0. The molecule has 1 rings (SSSR count). The lowest BCUT2D eigenvalue weighted by molar-refractivity contribution is -0.132. The van der Waals surface area contributed by atoms with Crippen LogP contribution >= 0.6 is 0 Å². The number of aliphatic imine (C=N–C) groups is 1. The summed E-state index contributed by atoms with van der Waals surface area (Å²) in [5.41, 5.74) is 11.7. The first kappa shape index (κ1) is 33.4. The minimum atomic E-state index is -1.11. The van der Waals surface area contributed by atoms with Crippen LogP contribution in [0.5, 0.6) is 0 Å². The third-order valence-corrected chi connectivity index (χ3v) is 5.88. The normalized spacial score (nSPS) is 13.9. The van der Waals surface area contributed by atoms with Crippen molar-refractivity contribution in [2.45, 2.75) is 84.0 Å². The van der Waals surface area contributed by atoms with Crippen molar-refractivity contribution in [3.05, 3.63) is 35.9 Å². The van der Waals surface area contributed by atoms with Gasteiger partial charge in [-0.2, -0.15) is 0 Å². The second kappa shape index (κ2) is 17.8. The molecular formula is C27H45N7O5. The Bertz CT molecular complexity index is 951. The van der Waals surface area contributed by atoms with E-state index in [1.807, 2.05) is 44.2 Å². The summed E-state index contributed by atoms with van der Waals surface area (Å²) in [7, 11) is 0. The molecule has 0 saturated heterocycles. The van der Waals surface area contributed by atoms with Crippen molar-refractivity contribution in [2.24, 2.45) is 22.4 Å². The van der Waals surface area contributed by atoms with E-state index in [0.29, 0.717) is 25.8 Å². The molecule has 4 atom stereocenters. The molecule has 0 bridgehead atoms. The highest BCUT2D eigenvalue weighted by molar-refractivity contribution is 5.91. The molecule has 0 spiro atoms. The third-order valence-electron chi connectivity index (χ3n) is 5.88. The summed E-state index contributed by atoms with van der Waals surface area (Å²) in [6, 6.07) is 7.21. The Morgan fingerprint density at radius 3 is 2.23 bits per heavy atom. The van der Waals surface area contributed by atoms with E-state index in [0.717, 1.165) is 5.56 Å². The number of rotatable bonds is 17. The van der Waals surface area contributed by atoms with Crippen molar-refractivity contribution in [3.63, 3.8) is 0 Å². The van der Waals surface area contributed by atoms with Gasteiger partial charge in [0, 0.05) is 20.0 Å². The fraction of sp³-hybridized carbons (Fsp3) is 0.593. The van der Waals surface area contributed by atoms with Gasteiger partial charge in [-0.25, -0.2) is 0 Å². The highest BCUT2D eigenvalue weighted by atomic mass is 16.3. The first-order chi connectivity index (χ1) is 18.4. The largest absolute Gasteiger partial charge is 0.390 e. The number of nitrogens with one attached hydrogen (secondary N) is 4. The van der Waals surface area contributed by atoms with Gasteiger partial charge in [0.15, 0.2) is 5.96 Å². The van der Waals surface area contributed by atoms with Crippen molar-refractivity contribution in [2.75, 3.05) is 13.1 Å². The van der Waals surface area contributed by atoms with E-state index >= 15 is 0 Å². The molecule has 1 aromatic rings. The molecule has 0 aliphatic carbocycles. The number of guanidine groups is 1. The lowest BCUT2D eigenvalue weighted by atomic mass is 9.96. The molecule has 39 heavy (non-hydrogen) atoms. The first-order valence-electron chi connectivity index (χ1n) is 13.3. The Labute approximate surface area is 230 Å². The van der Waals surface area contributed by atoms with E-state index in [1.165, 1.54) is 13.8 Å². The first-order valence-corrected chi connectivity index (χ1v) is 13.3. The average Bonchev–Trinajstić information content (AvgIpc) is 2.85. The summed E-state index contributed by atoms with van der Waals surface area (Å²) in [5.74, 6) is -1.69. The summed E-state index contributed by atoms with van der Waals surface area (Å²) in [6.45, 7) is 7.40. The van der Waals surface area contributed by atoms with Crippen LogP contribution in [0, 0.1) is 5.92 Å². The van der Waals surface area contributed by atoms with Gasteiger partial charge < -0.3 is 37.8 Å². The molecule has 12 heteroatoms. The van der Waals surface area contributed by atoms with Crippen LogP contribution in [0.15, 0.2) is 35.3 Å². The van der Waals surface area contributed by atoms with Crippen LogP contribution in [0.3, 0.4) is 0 Å². The highest BCUT2D eigenvalue weighted by Gasteiger charge is 2.28. The lowest BCUT2D eigenvalue weighted by Gasteiger charge is -2.27. The van der Waals surface area contributed by atoms with Gasteiger partial charge in [-0.1, -0.05) is 44.2 Å². The maximum atomic E-state index is 12.9. The Kier molecular flexibility index (Phi) is 15.2. The predicted molar refractivity (Wildman–Crippen MR) is 150 cm³/mol. The Morgan fingerprint density at radius 1 is 0.974 bits per heavy atom. The van der Waals surface area contributed by atoms with E-state index in [9.17, 15) is 24.3 Å². The van der Waals surface area contributed by atoms with E-state index in [2.05, 4.69) is 26.3 Å². The smallest absolute Gasteiger partial charge is 0.243 e. The van der Waals surface area contributed by atoms with Crippen molar-refractivity contribution in [1.82, 2.24) is 21.3 Å². The molecule has 0 aliphatic rings. The van der Waals surface area contributed by atoms with Gasteiger partial charge in [-0.3, -0.25) is 24.2 Å². The SMILES string of the molecule is CC(=O)N[C@@H](CCCN=C(N)N)C(=O)N[C@@H](C)C(=O)N[C@@H](CC(C)C)[C@@H](O)CC(=O)NCCc1ccccc1. The maximum Gasteiger partial charge on any atom is 0.243 e. The van der Waals surface area contributed by atoms with E-state index in [-0.39, 0.29) is 37.2 Å². The molecule has 0 aromatic heterocycles. The Hall–Kier alpha value is -3.67. The number of amides is 4. The van der Waals surface area contributed by atoms with Gasteiger partial charge in [-0.15, -0.1) is 0 Å². The van der Waals surface area contributed by atoms with Crippen molar-refractivity contribution < 1.29 is 24.3 Å². The molecule has 0 aliphatic heterocycles. The van der Waals surface area contributed by atoms with Gasteiger partial charge in [0.25, 0.3) is 0 Å². The van der Waals surface area contributed by atoms with Crippen LogP contribution in [-0.4, -0.2) is 72.0 Å². The molecule has 9 N–H and O–H groups in total. The molecular weight excluding hydrogens is 502 g/mol. The van der Waals surface area contributed by atoms with Crippen LogP contribution in [0.2, 0.25) is 0 Å². The minimum absolute atomic E-state index is 0.0661. The monoisotopic (exact) mass is 547 g/mol. The number of aliphatic hydroxyl groups is 1. The van der Waals surface area contributed by atoms with E-state index in [4.69, 9.17) is 11.5 Å². The predicted octanol–water partition coefficient (Wildman–Crippen LogP) is -0.310. The quantitative estimate of drug-likeness (QED) is 0.0787. The van der Waals surface area contributed by atoms with Crippen LogP contribution in [0.1, 0.15) is 58.9 Å². The van der Waals surface area contributed by atoms with Gasteiger partial charge in [-0.05, 0) is 44.1 Å². The van der Waals surface area contributed by atoms with Crippen molar-refractivity contribution in [1.29, 1.82) is 0 Å². The number of carbonyl (C=O) groups excluding carboxylic acids is 4. The fourth-order valence-electron chi connectivity index (χ4n) is 3.92. The highest BCUT2D eigenvalue weighted by Crippen LogP contribution is 2.12.